The summed E-state index contributed by atoms with van der Waals surface area (Å²) in [6, 6.07) is 20.5. The number of benzene rings is 2. The van der Waals surface area contributed by atoms with Gasteiger partial charge in [0.1, 0.15) is 5.58 Å². The van der Waals surface area contributed by atoms with Crippen LogP contribution in [0.4, 0.5) is 0 Å². The van der Waals surface area contributed by atoms with Gasteiger partial charge in [-0.3, -0.25) is 0 Å². The molecule has 0 spiro atoms. The Labute approximate surface area is 110 Å². The number of hydrogen-bond acceptors (Lipinski definition) is 2. The molecule has 2 nitrogen and oxygen atoms in total. The molecule has 0 unspecified atom stereocenters. The van der Waals surface area contributed by atoms with E-state index in [0.717, 1.165) is 27.5 Å². The zero-order valence-electron chi connectivity index (χ0n) is 10.2. The molecule has 0 bridgehead atoms. The van der Waals surface area contributed by atoms with Gasteiger partial charge in [-0.05, 0) is 17.7 Å². The van der Waals surface area contributed by atoms with Gasteiger partial charge in [-0.2, -0.15) is 0 Å². The average Bonchev–Trinajstić information content (AvgIpc) is 2.87. The summed E-state index contributed by atoms with van der Waals surface area (Å²) in [5.41, 5.74) is 3.87. The van der Waals surface area contributed by atoms with E-state index >= 15 is 0 Å². The van der Waals surface area contributed by atoms with Crippen molar-refractivity contribution in [3.8, 4) is 11.1 Å². The summed E-state index contributed by atoms with van der Waals surface area (Å²) >= 11 is 0. The Hall–Kier alpha value is -2.61. The summed E-state index contributed by atoms with van der Waals surface area (Å²) in [5.74, 6) is 0. The Morgan fingerprint density at radius 1 is 0.737 bits per heavy atom. The molecule has 2 aromatic carbocycles. The van der Waals surface area contributed by atoms with Crippen molar-refractivity contribution in [2.45, 2.75) is 0 Å². The first kappa shape index (κ1) is 10.3. The zero-order valence-corrected chi connectivity index (χ0v) is 10.2. The van der Waals surface area contributed by atoms with Crippen LogP contribution in [0.3, 0.4) is 0 Å². The molecule has 0 aliphatic heterocycles. The molecule has 0 fully saturated rings. The van der Waals surface area contributed by atoms with Gasteiger partial charge in [-0.15, -0.1) is 0 Å². The van der Waals surface area contributed by atoms with Crippen LogP contribution in [0.25, 0.3) is 33.2 Å². The fraction of sp³-hybridized carbons (Fsp3) is 0. The van der Waals surface area contributed by atoms with E-state index in [2.05, 4.69) is 35.3 Å². The SMILES string of the molecule is c1ccc(-c2cccc3c2oc2ncccc23)cc1. The van der Waals surface area contributed by atoms with Crippen molar-refractivity contribution in [3.63, 3.8) is 0 Å². The summed E-state index contributed by atoms with van der Waals surface area (Å²) in [6.45, 7) is 0. The number of para-hydroxylation sites is 1. The van der Waals surface area contributed by atoms with Gasteiger partial charge in [0, 0.05) is 22.5 Å². The third-order valence-electron chi connectivity index (χ3n) is 3.36. The second-order valence-electron chi connectivity index (χ2n) is 4.51. The van der Waals surface area contributed by atoms with E-state index in [1.165, 1.54) is 0 Å². The number of rotatable bonds is 1. The highest BCUT2D eigenvalue weighted by atomic mass is 16.3. The first-order valence-electron chi connectivity index (χ1n) is 6.25. The van der Waals surface area contributed by atoms with Gasteiger partial charge in [0.15, 0.2) is 0 Å². The second kappa shape index (κ2) is 3.95. The number of nitrogens with zero attached hydrogens (tertiary/aromatic N) is 1. The lowest BCUT2D eigenvalue weighted by atomic mass is 10.0. The Morgan fingerprint density at radius 3 is 2.47 bits per heavy atom. The van der Waals surface area contributed by atoms with Gasteiger partial charge in [0.05, 0.1) is 0 Å². The van der Waals surface area contributed by atoms with Crippen LogP contribution in [0.2, 0.25) is 0 Å². The normalized spacial score (nSPS) is 11.2. The Morgan fingerprint density at radius 2 is 1.58 bits per heavy atom. The Balaban J connectivity index is 2.13. The molecular formula is C17H11NO. The first-order chi connectivity index (χ1) is 9.43. The lowest BCUT2D eigenvalue weighted by Gasteiger charge is -2.01. The van der Waals surface area contributed by atoms with Crippen LogP contribution in [0.5, 0.6) is 0 Å². The van der Waals surface area contributed by atoms with Crippen LogP contribution >= 0.6 is 0 Å². The van der Waals surface area contributed by atoms with Crippen molar-refractivity contribution in [2.75, 3.05) is 0 Å². The molecule has 0 atom stereocenters. The summed E-state index contributed by atoms with van der Waals surface area (Å²) < 4.78 is 5.93. The van der Waals surface area contributed by atoms with E-state index in [1.54, 1.807) is 6.20 Å². The molecule has 0 saturated carbocycles. The molecule has 90 valence electrons. The number of fused-ring (bicyclic) bond motifs is 3. The maximum atomic E-state index is 5.93. The van der Waals surface area contributed by atoms with Crippen molar-refractivity contribution in [1.29, 1.82) is 0 Å². The molecule has 0 N–H and O–H groups in total. The summed E-state index contributed by atoms with van der Waals surface area (Å²) in [6.07, 6.45) is 1.76. The number of furan rings is 1. The van der Waals surface area contributed by atoms with Crippen molar-refractivity contribution in [3.05, 3.63) is 66.9 Å². The van der Waals surface area contributed by atoms with E-state index in [9.17, 15) is 0 Å². The number of hydrogen-bond donors (Lipinski definition) is 0. The Bertz CT molecular complexity index is 862. The quantitative estimate of drug-likeness (QED) is 0.488. The highest BCUT2D eigenvalue weighted by molar-refractivity contribution is 6.08. The lowest BCUT2D eigenvalue weighted by molar-refractivity contribution is 0.655. The van der Waals surface area contributed by atoms with E-state index < -0.39 is 0 Å². The highest BCUT2D eigenvalue weighted by Crippen LogP contribution is 2.34. The van der Waals surface area contributed by atoms with E-state index in [1.807, 2.05) is 30.3 Å². The predicted molar refractivity (Wildman–Crippen MR) is 77.0 cm³/mol. The van der Waals surface area contributed by atoms with Crippen LogP contribution in [0.1, 0.15) is 0 Å². The van der Waals surface area contributed by atoms with Gasteiger partial charge in [0.25, 0.3) is 0 Å². The van der Waals surface area contributed by atoms with Crippen molar-refractivity contribution >= 4 is 22.1 Å². The molecule has 2 heteroatoms. The topological polar surface area (TPSA) is 26.0 Å². The highest BCUT2D eigenvalue weighted by Gasteiger charge is 2.11. The molecular weight excluding hydrogens is 234 g/mol. The molecule has 0 aliphatic rings. The average molecular weight is 245 g/mol. The third-order valence-corrected chi connectivity index (χ3v) is 3.36. The molecule has 0 aliphatic carbocycles. The predicted octanol–water partition coefficient (Wildman–Crippen LogP) is 4.65. The van der Waals surface area contributed by atoms with Crippen LogP contribution in [0, 0.1) is 0 Å². The molecule has 0 saturated heterocycles. The zero-order chi connectivity index (χ0) is 12.7. The van der Waals surface area contributed by atoms with Gasteiger partial charge in [-0.1, -0.05) is 48.5 Å². The van der Waals surface area contributed by atoms with Crippen LogP contribution in [-0.4, -0.2) is 4.98 Å². The maximum absolute atomic E-state index is 5.93. The number of aromatic nitrogens is 1. The minimum atomic E-state index is 0.695. The van der Waals surface area contributed by atoms with Crippen molar-refractivity contribution in [2.24, 2.45) is 0 Å². The van der Waals surface area contributed by atoms with Gasteiger partial charge in [-0.25, -0.2) is 4.98 Å². The molecule has 19 heavy (non-hydrogen) atoms. The monoisotopic (exact) mass is 245 g/mol. The molecule has 2 aromatic heterocycles. The van der Waals surface area contributed by atoms with Gasteiger partial charge >= 0.3 is 0 Å². The van der Waals surface area contributed by atoms with E-state index in [0.29, 0.717) is 5.71 Å². The smallest absolute Gasteiger partial charge is 0.227 e. The summed E-state index contributed by atoms with van der Waals surface area (Å²) in [7, 11) is 0. The fourth-order valence-corrected chi connectivity index (χ4v) is 2.48. The van der Waals surface area contributed by atoms with E-state index in [-0.39, 0.29) is 0 Å². The first-order valence-corrected chi connectivity index (χ1v) is 6.25. The van der Waals surface area contributed by atoms with Crippen molar-refractivity contribution < 1.29 is 4.42 Å². The van der Waals surface area contributed by atoms with Gasteiger partial charge < -0.3 is 4.42 Å². The molecule has 4 aromatic rings. The standard InChI is InChI=1S/C17H11NO/c1-2-6-12(7-3-1)13-8-4-9-14-15-10-5-11-18-17(15)19-16(13)14/h1-11H. The number of pyridine rings is 1. The second-order valence-corrected chi connectivity index (χ2v) is 4.51. The molecule has 0 radical (unpaired) electrons. The minimum Gasteiger partial charge on any atom is -0.437 e. The fourth-order valence-electron chi connectivity index (χ4n) is 2.48. The largest absolute Gasteiger partial charge is 0.437 e. The summed E-state index contributed by atoms with van der Waals surface area (Å²) in [5, 5.41) is 2.18. The van der Waals surface area contributed by atoms with Crippen LogP contribution in [0.15, 0.2) is 71.3 Å². The Kier molecular flexibility index (Phi) is 2.15. The third kappa shape index (κ3) is 1.54. The summed E-state index contributed by atoms with van der Waals surface area (Å²) in [4.78, 5) is 4.29. The molecule has 4 rings (SSSR count). The minimum absolute atomic E-state index is 0.695. The van der Waals surface area contributed by atoms with Crippen LogP contribution < -0.4 is 0 Å². The maximum Gasteiger partial charge on any atom is 0.227 e. The van der Waals surface area contributed by atoms with Crippen molar-refractivity contribution in [1.82, 2.24) is 4.98 Å². The lowest BCUT2D eigenvalue weighted by Crippen LogP contribution is -1.77. The van der Waals surface area contributed by atoms with Crippen LogP contribution in [-0.2, 0) is 0 Å². The molecule has 2 heterocycles. The van der Waals surface area contributed by atoms with E-state index in [4.69, 9.17) is 4.42 Å². The van der Waals surface area contributed by atoms with Gasteiger partial charge in [0.2, 0.25) is 5.71 Å². The molecule has 0 amide bonds.